The first-order chi connectivity index (χ1) is 30.6. The number of rotatable bonds is 7. The third-order valence-corrected chi connectivity index (χ3v) is 14.0. The van der Waals surface area contributed by atoms with Gasteiger partial charge in [-0.25, -0.2) is 0 Å². The van der Waals surface area contributed by atoms with Crippen LogP contribution >= 0.6 is 0 Å². The maximum atomic E-state index is 6.54. The molecule has 0 spiro atoms. The van der Waals surface area contributed by atoms with Gasteiger partial charge in [-0.3, -0.25) is 0 Å². The summed E-state index contributed by atoms with van der Waals surface area (Å²) in [6.07, 6.45) is 15.2. The van der Waals surface area contributed by atoms with Gasteiger partial charge in [0, 0.05) is 38.8 Å². The summed E-state index contributed by atoms with van der Waals surface area (Å²) in [6, 6.07) is 65.4. The van der Waals surface area contributed by atoms with Crippen LogP contribution in [-0.2, 0) is 5.41 Å². The average Bonchev–Trinajstić information content (AvgIpc) is 3.83. The standard InChI is InChI=1S/C59H48N2O/c1-59-37-15-14-32-57(59)62-56-36-33-42(38-51(56)59)45-24-8-11-29-52(45)61(44-34-35-49-47-25-9-12-30-53(47)60(55(49)39-44)43-22-6-3-7-23-43)54-31-13-10-26-48(54)50-28-17-21-41-20-16-27-46(58(41)50)40-18-4-2-5-19-40/h3,6-17,20-40,57H,2,4-5,18-19H2,1H3. The van der Waals surface area contributed by atoms with Gasteiger partial charge in [0.05, 0.1) is 27.8 Å². The molecule has 12 rings (SSSR count). The highest BCUT2D eigenvalue weighted by Crippen LogP contribution is 2.51. The van der Waals surface area contributed by atoms with Crippen LogP contribution in [0.15, 0.2) is 200 Å². The molecule has 0 bridgehead atoms. The topological polar surface area (TPSA) is 17.4 Å². The second-order valence-corrected chi connectivity index (χ2v) is 17.6. The fourth-order valence-electron chi connectivity index (χ4n) is 11.0. The minimum atomic E-state index is -0.235. The van der Waals surface area contributed by atoms with Crippen molar-refractivity contribution < 1.29 is 4.74 Å². The molecule has 2 heterocycles. The molecule has 1 saturated carbocycles. The van der Waals surface area contributed by atoms with Gasteiger partial charge in [-0.2, -0.15) is 0 Å². The third kappa shape index (κ3) is 5.86. The molecule has 9 aromatic rings. The average molecular weight is 801 g/mol. The van der Waals surface area contributed by atoms with Crippen molar-refractivity contribution in [3.63, 3.8) is 0 Å². The molecule has 1 aromatic heterocycles. The summed E-state index contributed by atoms with van der Waals surface area (Å²) in [7, 11) is 0. The predicted octanol–water partition coefficient (Wildman–Crippen LogP) is 15.9. The zero-order chi connectivity index (χ0) is 41.2. The maximum Gasteiger partial charge on any atom is 0.130 e. The number of nitrogens with zero attached hydrogens (tertiary/aromatic N) is 2. The van der Waals surface area contributed by atoms with E-state index in [4.69, 9.17) is 4.74 Å². The molecule has 1 fully saturated rings. The van der Waals surface area contributed by atoms with E-state index in [1.807, 2.05) is 0 Å². The lowest BCUT2D eigenvalue weighted by Gasteiger charge is -2.31. The summed E-state index contributed by atoms with van der Waals surface area (Å²) in [6.45, 7) is 2.30. The molecule has 0 saturated heterocycles. The first-order valence-electron chi connectivity index (χ1n) is 22.4. The second kappa shape index (κ2) is 14.8. The Balaban J connectivity index is 1.12. The molecule has 8 aromatic carbocycles. The van der Waals surface area contributed by atoms with Gasteiger partial charge in [0.2, 0.25) is 0 Å². The maximum absolute atomic E-state index is 6.54. The van der Waals surface area contributed by atoms with E-state index in [1.165, 1.54) is 92.5 Å². The quantitative estimate of drug-likeness (QED) is 0.160. The number of ether oxygens (including phenoxy) is 1. The molecule has 2 unspecified atom stereocenters. The van der Waals surface area contributed by atoms with E-state index in [9.17, 15) is 0 Å². The Morgan fingerprint density at radius 2 is 1.29 bits per heavy atom. The SMILES string of the molecule is CC12C=CC=CC1Oc1ccc(-c3ccccc3N(c3ccc4c5ccccc5n(-c5ccccc5)c4c3)c3ccccc3-c3cccc4cccc(C5CCCCC5)c34)cc12. The number of fused-ring (bicyclic) bond motifs is 7. The first kappa shape index (κ1) is 36.7. The zero-order valence-electron chi connectivity index (χ0n) is 35.0. The number of para-hydroxylation sites is 4. The summed E-state index contributed by atoms with van der Waals surface area (Å²) in [4.78, 5) is 2.52. The van der Waals surface area contributed by atoms with E-state index in [0.29, 0.717) is 5.92 Å². The minimum absolute atomic E-state index is 0.0151. The fourth-order valence-corrected chi connectivity index (χ4v) is 11.0. The molecule has 3 nitrogen and oxygen atoms in total. The van der Waals surface area contributed by atoms with Crippen molar-refractivity contribution in [3.05, 3.63) is 211 Å². The van der Waals surface area contributed by atoms with Gasteiger partial charge in [0.25, 0.3) is 0 Å². The van der Waals surface area contributed by atoms with Crippen molar-refractivity contribution in [1.29, 1.82) is 0 Å². The van der Waals surface area contributed by atoms with Crippen molar-refractivity contribution in [2.45, 2.75) is 56.5 Å². The van der Waals surface area contributed by atoms with E-state index < -0.39 is 0 Å². The van der Waals surface area contributed by atoms with Crippen LogP contribution in [0, 0.1) is 0 Å². The van der Waals surface area contributed by atoms with Crippen LogP contribution in [-0.4, -0.2) is 10.7 Å². The lowest BCUT2D eigenvalue weighted by molar-refractivity contribution is 0.228. The monoisotopic (exact) mass is 800 g/mol. The Hall–Kier alpha value is -7.10. The van der Waals surface area contributed by atoms with Crippen LogP contribution in [0.1, 0.15) is 56.1 Å². The van der Waals surface area contributed by atoms with Gasteiger partial charge in [0.1, 0.15) is 11.9 Å². The van der Waals surface area contributed by atoms with Crippen LogP contribution in [0.4, 0.5) is 17.1 Å². The largest absolute Gasteiger partial charge is 0.485 e. The van der Waals surface area contributed by atoms with Gasteiger partial charge >= 0.3 is 0 Å². The molecule has 3 aliphatic rings. The lowest BCUT2D eigenvalue weighted by atomic mass is 9.76. The Bertz CT molecular complexity index is 3230. The van der Waals surface area contributed by atoms with Crippen molar-refractivity contribution in [2.24, 2.45) is 0 Å². The summed E-state index contributed by atoms with van der Waals surface area (Å²) in [5.74, 6) is 1.53. The van der Waals surface area contributed by atoms with Crippen LogP contribution in [0.2, 0.25) is 0 Å². The van der Waals surface area contributed by atoms with Gasteiger partial charge < -0.3 is 14.2 Å². The van der Waals surface area contributed by atoms with Gasteiger partial charge in [-0.1, -0.05) is 159 Å². The number of anilines is 3. The highest BCUT2D eigenvalue weighted by Gasteiger charge is 2.43. The number of allylic oxidation sites excluding steroid dienone is 2. The number of benzene rings is 8. The van der Waals surface area contributed by atoms with Crippen molar-refractivity contribution in [3.8, 4) is 33.7 Å². The Labute approximate surface area is 363 Å². The molecule has 0 radical (unpaired) electrons. The molecule has 300 valence electrons. The molecule has 62 heavy (non-hydrogen) atoms. The molecule has 0 N–H and O–H groups in total. The predicted molar refractivity (Wildman–Crippen MR) is 260 cm³/mol. The van der Waals surface area contributed by atoms with Crippen molar-refractivity contribution >= 4 is 49.6 Å². The fraction of sp³-hybridized carbons (Fsp3) is 0.153. The molecular formula is C59H48N2O. The Kier molecular flexibility index (Phi) is 8.78. The van der Waals surface area contributed by atoms with Gasteiger partial charge in [-0.05, 0) is 114 Å². The molecule has 2 atom stereocenters. The Morgan fingerprint density at radius 1 is 0.581 bits per heavy atom. The third-order valence-electron chi connectivity index (χ3n) is 14.0. The zero-order valence-corrected chi connectivity index (χ0v) is 35.0. The number of hydrogen-bond acceptors (Lipinski definition) is 2. The van der Waals surface area contributed by atoms with Gasteiger partial charge in [0.15, 0.2) is 0 Å². The second-order valence-electron chi connectivity index (χ2n) is 17.6. The molecular weight excluding hydrogens is 753 g/mol. The normalized spacial score (nSPS) is 18.2. The molecule has 3 heteroatoms. The molecule has 1 aliphatic heterocycles. The van der Waals surface area contributed by atoms with E-state index in [1.54, 1.807) is 0 Å². The summed E-state index contributed by atoms with van der Waals surface area (Å²) < 4.78 is 8.96. The van der Waals surface area contributed by atoms with E-state index in [-0.39, 0.29) is 11.5 Å². The Morgan fingerprint density at radius 3 is 2.15 bits per heavy atom. The van der Waals surface area contributed by atoms with Crippen LogP contribution in [0.25, 0.3) is 60.5 Å². The minimum Gasteiger partial charge on any atom is -0.485 e. The summed E-state index contributed by atoms with van der Waals surface area (Å²) in [5.41, 5.74) is 14.2. The van der Waals surface area contributed by atoms with Gasteiger partial charge in [-0.15, -0.1) is 0 Å². The number of aromatic nitrogens is 1. The van der Waals surface area contributed by atoms with E-state index >= 15 is 0 Å². The van der Waals surface area contributed by atoms with Crippen LogP contribution in [0.5, 0.6) is 5.75 Å². The highest BCUT2D eigenvalue weighted by molar-refractivity contribution is 6.11. The molecule has 2 aliphatic carbocycles. The lowest BCUT2D eigenvalue weighted by Crippen LogP contribution is -2.32. The first-order valence-corrected chi connectivity index (χ1v) is 22.4. The van der Waals surface area contributed by atoms with Crippen molar-refractivity contribution in [1.82, 2.24) is 4.57 Å². The van der Waals surface area contributed by atoms with Crippen LogP contribution in [0.3, 0.4) is 0 Å². The highest BCUT2D eigenvalue weighted by atomic mass is 16.5. The van der Waals surface area contributed by atoms with Crippen LogP contribution < -0.4 is 9.64 Å². The smallest absolute Gasteiger partial charge is 0.130 e. The molecule has 0 amide bonds. The summed E-state index contributed by atoms with van der Waals surface area (Å²) >= 11 is 0. The van der Waals surface area contributed by atoms with E-state index in [0.717, 1.165) is 34.1 Å². The summed E-state index contributed by atoms with van der Waals surface area (Å²) in [5, 5.41) is 5.17. The van der Waals surface area contributed by atoms with Crippen molar-refractivity contribution in [2.75, 3.05) is 4.90 Å². The number of hydrogen-bond donors (Lipinski definition) is 0. The van der Waals surface area contributed by atoms with E-state index in [2.05, 4.69) is 217 Å².